The fourth-order valence-electron chi connectivity index (χ4n) is 3.00. The van der Waals surface area contributed by atoms with Crippen molar-refractivity contribution in [2.75, 3.05) is 24.5 Å². The number of rotatable bonds is 7. The number of nitrogens with one attached hydrogen (secondary N) is 2. The van der Waals surface area contributed by atoms with Crippen molar-refractivity contribution >= 4 is 17.5 Å². The molecule has 1 aromatic carbocycles. The van der Waals surface area contributed by atoms with Crippen molar-refractivity contribution in [2.45, 2.75) is 39.2 Å². The molecule has 1 aliphatic rings. The summed E-state index contributed by atoms with van der Waals surface area (Å²) in [6.45, 7) is 9.74. The van der Waals surface area contributed by atoms with Gasteiger partial charge in [0, 0.05) is 37.3 Å². The summed E-state index contributed by atoms with van der Waals surface area (Å²) in [4.78, 5) is 26.6. The number of nitrogens with zero attached hydrogens (tertiary/aromatic N) is 1. The number of hydrogen-bond acceptors (Lipinski definition) is 3. The summed E-state index contributed by atoms with van der Waals surface area (Å²) >= 11 is 0. The van der Waals surface area contributed by atoms with Gasteiger partial charge >= 0.3 is 0 Å². The lowest BCUT2D eigenvalue weighted by Crippen LogP contribution is -2.46. The molecule has 0 radical (unpaired) electrons. The molecule has 1 unspecified atom stereocenters. The van der Waals surface area contributed by atoms with Gasteiger partial charge in [0.05, 0.1) is 5.56 Å². The van der Waals surface area contributed by atoms with Crippen LogP contribution in [-0.4, -0.2) is 37.5 Å². The summed E-state index contributed by atoms with van der Waals surface area (Å²) in [6.07, 6.45) is 4.32. The Kier molecular flexibility index (Phi) is 7.04. The van der Waals surface area contributed by atoms with E-state index in [1.54, 1.807) is 6.08 Å². The van der Waals surface area contributed by atoms with Crippen molar-refractivity contribution in [3.8, 4) is 0 Å². The van der Waals surface area contributed by atoms with E-state index in [9.17, 15) is 9.59 Å². The molecule has 2 N–H and O–H groups in total. The molecule has 5 heteroatoms. The first kappa shape index (κ1) is 19.0. The maximum Gasteiger partial charge on any atom is 0.253 e. The molecule has 2 rings (SSSR count). The van der Waals surface area contributed by atoms with Gasteiger partial charge in [-0.05, 0) is 31.4 Å². The molecule has 0 spiro atoms. The lowest BCUT2D eigenvalue weighted by atomic mass is 10.0. The van der Waals surface area contributed by atoms with Gasteiger partial charge in [-0.3, -0.25) is 9.59 Å². The molecule has 1 heterocycles. The van der Waals surface area contributed by atoms with Crippen molar-refractivity contribution in [1.82, 2.24) is 10.6 Å². The van der Waals surface area contributed by atoms with Crippen LogP contribution in [0.5, 0.6) is 0 Å². The Morgan fingerprint density at radius 3 is 2.64 bits per heavy atom. The predicted octanol–water partition coefficient (Wildman–Crippen LogP) is 2.73. The molecular weight excluding hydrogens is 314 g/mol. The molecular formula is C20H29N3O2. The summed E-state index contributed by atoms with van der Waals surface area (Å²) in [5.74, 6) is 0.125. The molecule has 0 aliphatic carbocycles. The average molecular weight is 343 g/mol. The van der Waals surface area contributed by atoms with Crippen LogP contribution < -0.4 is 15.5 Å². The number of benzene rings is 1. The molecule has 1 fully saturated rings. The molecule has 1 saturated heterocycles. The second-order valence-electron chi connectivity index (χ2n) is 6.60. The van der Waals surface area contributed by atoms with E-state index >= 15 is 0 Å². The second kappa shape index (κ2) is 9.25. The molecule has 0 saturated carbocycles. The van der Waals surface area contributed by atoms with E-state index in [0.29, 0.717) is 12.1 Å². The largest absolute Gasteiger partial charge is 0.371 e. The molecule has 1 aromatic rings. The van der Waals surface area contributed by atoms with Gasteiger partial charge < -0.3 is 15.5 Å². The average Bonchev–Trinajstić information content (AvgIpc) is 2.66. The Balaban J connectivity index is 1.98. The highest BCUT2D eigenvalue weighted by Crippen LogP contribution is 2.24. The third kappa shape index (κ3) is 5.08. The third-order valence-corrected chi connectivity index (χ3v) is 4.80. The van der Waals surface area contributed by atoms with Gasteiger partial charge in [0.1, 0.15) is 0 Å². The smallest absolute Gasteiger partial charge is 0.253 e. The van der Waals surface area contributed by atoms with Gasteiger partial charge in [-0.25, -0.2) is 0 Å². The van der Waals surface area contributed by atoms with Gasteiger partial charge in [0.25, 0.3) is 5.91 Å². The van der Waals surface area contributed by atoms with Crippen LogP contribution in [0, 0.1) is 5.92 Å². The minimum atomic E-state index is -0.0808. The molecule has 0 aromatic heterocycles. The van der Waals surface area contributed by atoms with Crippen molar-refractivity contribution in [1.29, 1.82) is 0 Å². The second-order valence-corrected chi connectivity index (χ2v) is 6.60. The Labute approximate surface area is 150 Å². The first-order chi connectivity index (χ1) is 12.1. The molecule has 5 nitrogen and oxygen atoms in total. The molecule has 25 heavy (non-hydrogen) atoms. The summed E-state index contributed by atoms with van der Waals surface area (Å²) in [7, 11) is 0. The first-order valence-electron chi connectivity index (χ1n) is 9.10. The highest BCUT2D eigenvalue weighted by Gasteiger charge is 2.24. The standard InChI is InChI=1S/C20H29N3O2/c1-4-12-21-20(25)17-8-6-7-9-18(17)23-13-10-16(11-14-23)22-19(24)15(3)5-2/h4,6-9,15-16H,1,5,10-14H2,2-3H3,(H,21,25)(H,22,24). The SMILES string of the molecule is C=CCNC(=O)c1ccccc1N1CCC(NC(=O)C(C)CC)CC1. The number of carbonyl (C=O) groups is 2. The lowest BCUT2D eigenvalue weighted by molar-refractivity contribution is -0.125. The summed E-state index contributed by atoms with van der Waals surface area (Å²) in [5, 5.41) is 5.99. The predicted molar refractivity (Wildman–Crippen MR) is 102 cm³/mol. The normalized spacial score (nSPS) is 16.2. The van der Waals surface area contributed by atoms with Crippen LogP contribution >= 0.6 is 0 Å². The Morgan fingerprint density at radius 2 is 2.00 bits per heavy atom. The minimum Gasteiger partial charge on any atom is -0.371 e. The Morgan fingerprint density at radius 1 is 1.32 bits per heavy atom. The molecule has 1 aliphatic heterocycles. The van der Waals surface area contributed by atoms with E-state index < -0.39 is 0 Å². The van der Waals surface area contributed by atoms with E-state index in [2.05, 4.69) is 22.1 Å². The quantitative estimate of drug-likeness (QED) is 0.749. The number of carbonyl (C=O) groups excluding carboxylic acids is 2. The topological polar surface area (TPSA) is 61.4 Å². The van der Waals surface area contributed by atoms with Crippen LogP contribution in [0.2, 0.25) is 0 Å². The van der Waals surface area contributed by atoms with Crippen LogP contribution in [0.1, 0.15) is 43.5 Å². The van der Waals surface area contributed by atoms with E-state index in [-0.39, 0.29) is 23.8 Å². The molecule has 0 bridgehead atoms. The maximum absolute atomic E-state index is 12.3. The maximum atomic E-state index is 12.3. The molecule has 136 valence electrons. The van der Waals surface area contributed by atoms with Crippen LogP contribution in [-0.2, 0) is 4.79 Å². The van der Waals surface area contributed by atoms with Crippen LogP contribution in [0.15, 0.2) is 36.9 Å². The van der Waals surface area contributed by atoms with Gasteiger partial charge in [-0.1, -0.05) is 32.1 Å². The van der Waals surface area contributed by atoms with Crippen LogP contribution in [0.4, 0.5) is 5.69 Å². The number of para-hydroxylation sites is 1. The Hall–Kier alpha value is -2.30. The Bertz CT molecular complexity index is 607. The highest BCUT2D eigenvalue weighted by atomic mass is 16.2. The monoisotopic (exact) mass is 343 g/mol. The summed E-state index contributed by atoms with van der Waals surface area (Å²) < 4.78 is 0. The van der Waals surface area contributed by atoms with Crippen molar-refractivity contribution in [2.24, 2.45) is 5.92 Å². The van der Waals surface area contributed by atoms with E-state index in [0.717, 1.165) is 38.0 Å². The number of anilines is 1. The van der Waals surface area contributed by atoms with Crippen molar-refractivity contribution in [3.05, 3.63) is 42.5 Å². The van der Waals surface area contributed by atoms with Gasteiger partial charge in [0.2, 0.25) is 5.91 Å². The van der Waals surface area contributed by atoms with Crippen molar-refractivity contribution in [3.63, 3.8) is 0 Å². The van der Waals surface area contributed by atoms with Crippen molar-refractivity contribution < 1.29 is 9.59 Å². The zero-order valence-corrected chi connectivity index (χ0v) is 15.3. The van der Waals surface area contributed by atoms with Gasteiger partial charge in [-0.15, -0.1) is 6.58 Å². The fourth-order valence-corrected chi connectivity index (χ4v) is 3.00. The third-order valence-electron chi connectivity index (χ3n) is 4.80. The van der Waals surface area contributed by atoms with E-state index in [1.165, 1.54) is 0 Å². The number of piperidine rings is 1. The lowest BCUT2D eigenvalue weighted by Gasteiger charge is -2.35. The highest BCUT2D eigenvalue weighted by molar-refractivity contribution is 5.99. The molecule has 1 atom stereocenters. The number of amides is 2. The summed E-state index contributed by atoms with van der Waals surface area (Å²) in [5.41, 5.74) is 1.64. The van der Waals surface area contributed by atoms with E-state index in [4.69, 9.17) is 0 Å². The van der Waals surface area contributed by atoms with Crippen LogP contribution in [0.25, 0.3) is 0 Å². The zero-order chi connectivity index (χ0) is 18.2. The first-order valence-corrected chi connectivity index (χ1v) is 9.10. The van der Waals surface area contributed by atoms with Crippen LogP contribution in [0.3, 0.4) is 0 Å². The number of hydrogen-bond donors (Lipinski definition) is 2. The fraction of sp³-hybridized carbons (Fsp3) is 0.500. The van der Waals surface area contributed by atoms with Gasteiger partial charge in [-0.2, -0.15) is 0 Å². The zero-order valence-electron chi connectivity index (χ0n) is 15.3. The van der Waals surface area contributed by atoms with Gasteiger partial charge in [0.15, 0.2) is 0 Å². The molecule has 2 amide bonds. The summed E-state index contributed by atoms with van der Waals surface area (Å²) in [6, 6.07) is 7.90. The van der Waals surface area contributed by atoms with E-state index in [1.807, 2.05) is 38.1 Å². The minimum absolute atomic E-state index is 0.0623.